The number of hydrogen-bond acceptors (Lipinski definition) is 4. The molecule has 6 rings (SSSR count). The Morgan fingerprint density at radius 3 is 2.00 bits per heavy atom. The van der Waals surface area contributed by atoms with E-state index in [1.165, 1.54) is 6.07 Å². The average molecular weight is 530 g/mol. The molecule has 0 radical (unpaired) electrons. The lowest BCUT2D eigenvalue weighted by Gasteiger charge is -2.24. The summed E-state index contributed by atoms with van der Waals surface area (Å²) >= 11 is 0. The van der Waals surface area contributed by atoms with E-state index < -0.39 is 17.3 Å². The van der Waals surface area contributed by atoms with Gasteiger partial charge >= 0.3 is 0 Å². The van der Waals surface area contributed by atoms with E-state index in [0.717, 1.165) is 33.2 Å². The molecule has 3 aromatic heterocycles. The summed E-state index contributed by atoms with van der Waals surface area (Å²) in [5.74, 6) is -1.76. The number of hydrogen-bond donors (Lipinski definition) is 1. The molecule has 6 aromatic rings. The summed E-state index contributed by atoms with van der Waals surface area (Å²) in [4.78, 5) is 12.8. The molecule has 0 aliphatic heterocycles. The number of aliphatic hydroxyl groups is 1. The molecule has 40 heavy (non-hydrogen) atoms. The van der Waals surface area contributed by atoms with Crippen molar-refractivity contribution >= 4 is 33.4 Å². The van der Waals surface area contributed by atoms with Crippen LogP contribution in [0.3, 0.4) is 0 Å². The number of fused-ring (bicyclic) bond motifs is 2. The number of pyridine rings is 3. The first-order chi connectivity index (χ1) is 19.3. The normalized spacial score (nSPS) is 12.2. The molecule has 0 spiro atoms. The highest BCUT2D eigenvalue weighted by atomic mass is 19.1. The van der Waals surface area contributed by atoms with E-state index in [-0.39, 0.29) is 11.3 Å². The van der Waals surface area contributed by atoms with Crippen molar-refractivity contribution in [2.75, 3.05) is 0 Å². The van der Waals surface area contributed by atoms with E-state index in [1.54, 1.807) is 24.3 Å². The SMILES string of the molecule is CC(C)(c1cccc(/C(O)=C/c2c3ccccc3cc3ccccc23)n1)c1cccc(-c2ccc(F)nc2F)n1. The lowest BCUT2D eigenvalue weighted by atomic mass is 9.84. The maximum atomic E-state index is 14.4. The first-order valence-corrected chi connectivity index (χ1v) is 12.9. The van der Waals surface area contributed by atoms with Crippen LogP contribution in [-0.4, -0.2) is 20.1 Å². The van der Waals surface area contributed by atoms with Crippen LogP contribution in [0.25, 0.3) is 44.6 Å². The third-order valence-corrected chi connectivity index (χ3v) is 7.23. The molecule has 0 aliphatic rings. The predicted molar refractivity (Wildman–Crippen MR) is 156 cm³/mol. The summed E-state index contributed by atoms with van der Waals surface area (Å²) in [6, 6.07) is 31.5. The van der Waals surface area contributed by atoms with Crippen molar-refractivity contribution in [3.05, 3.63) is 138 Å². The van der Waals surface area contributed by atoms with Gasteiger partial charge in [-0.15, -0.1) is 0 Å². The molecule has 3 aromatic carbocycles. The lowest BCUT2D eigenvalue weighted by Crippen LogP contribution is -2.22. The van der Waals surface area contributed by atoms with Crippen LogP contribution >= 0.6 is 0 Å². The maximum Gasteiger partial charge on any atom is 0.224 e. The number of aromatic nitrogens is 3. The fraction of sp³-hybridized carbons (Fsp3) is 0.0882. The van der Waals surface area contributed by atoms with Gasteiger partial charge in [0.2, 0.25) is 11.9 Å². The van der Waals surface area contributed by atoms with Gasteiger partial charge in [0.25, 0.3) is 0 Å². The summed E-state index contributed by atoms with van der Waals surface area (Å²) in [5.41, 5.74) is 2.43. The van der Waals surface area contributed by atoms with Crippen LogP contribution in [0.4, 0.5) is 8.78 Å². The quantitative estimate of drug-likeness (QED) is 0.138. The van der Waals surface area contributed by atoms with Crippen LogP contribution in [0.1, 0.15) is 36.5 Å². The zero-order valence-corrected chi connectivity index (χ0v) is 21.9. The molecule has 0 aliphatic carbocycles. The summed E-state index contributed by atoms with van der Waals surface area (Å²) in [6.07, 6.45) is 1.77. The van der Waals surface area contributed by atoms with Crippen molar-refractivity contribution in [2.45, 2.75) is 19.3 Å². The Kier molecular flexibility index (Phi) is 6.31. The Bertz CT molecular complexity index is 1880. The monoisotopic (exact) mass is 529 g/mol. The Labute approximate surface area is 230 Å². The van der Waals surface area contributed by atoms with Gasteiger partial charge in [0.15, 0.2) is 0 Å². The minimum atomic E-state index is -0.918. The molecule has 0 saturated carbocycles. The third-order valence-electron chi connectivity index (χ3n) is 7.23. The first kappa shape index (κ1) is 25.3. The van der Waals surface area contributed by atoms with Gasteiger partial charge in [-0.25, -0.2) is 4.98 Å². The average Bonchev–Trinajstić information content (AvgIpc) is 2.97. The second-order valence-corrected chi connectivity index (χ2v) is 10.2. The lowest BCUT2D eigenvalue weighted by molar-refractivity contribution is 0.509. The molecular formula is C34H25F2N3O. The van der Waals surface area contributed by atoms with Gasteiger partial charge in [-0.3, -0.25) is 4.98 Å². The van der Waals surface area contributed by atoms with Gasteiger partial charge < -0.3 is 5.11 Å². The van der Waals surface area contributed by atoms with Crippen LogP contribution in [0, 0.1) is 11.9 Å². The fourth-order valence-electron chi connectivity index (χ4n) is 5.01. The second-order valence-electron chi connectivity index (χ2n) is 10.2. The van der Waals surface area contributed by atoms with Crippen molar-refractivity contribution in [3.8, 4) is 11.3 Å². The van der Waals surface area contributed by atoms with E-state index in [9.17, 15) is 13.9 Å². The van der Waals surface area contributed by atoms with Crippen LogP contribution < -0.4 is 0 Å². The summed E-state index contributed by atoms with van der Waals surface area (Å²) in [5, 5.41) is 15.5. The Morgan fingerprint density at radius 2 is 1.32 bits per heavy atom. The Hall–Kier alpha value is -4.97. The van der Waals surface area contributed by atoms with E-state index in [4.69, 9.17) is 4.98 Å². The molecule has 4 nitrogen and oxygen atoms in total. The predicted octanol–water partition coefficient (Wildman–Crippen LogP) is 8.51. The van der Waals surface area contributed by atoms with E-state index >= 15 is 0 Å². The van der Waals surface area contributed by atoms with E-state index in [2.05, 4.69) is 28.2 Å². The summed E-state index contributed by atoms with van der Waals surface area (Å²) < 4.78 is 27.7. The molecule has 0 bridgehead atoms. The van der Waals surface area contributed by atoms with Crippen molar-refractivity contribution in [1.82, 2.24) is 15.0 Å². The number of aliphatic hydroxyl groups excluding tert-OH is 1. The zero-order chi connectivity index (χ0) is 27.9. The molecule has 0 amide bonds. The molecule has 196 valence electrons. The fourth-order valence-corrected chi connectivity index (χ4v) is 5.01. The van der Waals surface area contributed by atoms with Crippen LogP contribution in [0.15, 0.2) is 103 Å². The molecule has 1 N–H and O–H groups in total. The van der Waals surface area contributed by atoms with Crippen molar-refractivity contribution in [3.63, 3.8) is 0 Å². The highest BCUT2D eigenvalue weighted by Crippen LogP contribution is 2.33. The van der Waals surface area contributed by atoms with Gasteiger partial charge in [-0.2, -0.15) is 13.8 Å². The van der Waals surface area contributed by atoms with E-state index in [1.807, 2.05) is 68.4 Å². The molecule has 6 heteroatoms. The van der Waals surface area contributed by atoms with Crippen LogP contribution in [-0.2, 0) is 5.41 Å². The molecule has 3 heterocycles. The standard InChI is InChI=1S/C34H25F2N3O/c1-34(2,30-15-7-13-27(37-30)25-17-18-32(35)39-33(25)36)31-16-8-14-28(38-31)29(40)20-26-23-11-5-3-9-21(23)19-22-10-4-6-12-24(22)26/h3-20,40H,1-2H3/b29-20-. The minimum absolute atomic E-state index is 0.0420. The topological polar surface area (TPSA) is 58.9 Å². The number of halogens is 2. The molecule has 0 fully saturated rings. The zero-order valence-electron chi connectivity index (χ0n) is 21.9. The smallest absolute Gasteiger partial charge is 0.224 e. The second kappa shape index (κ2) is 9.97. The largest absolute Gasteiger partial charge is 0.506 e. The van der Waals surface area contributed by atoms with Crippen molar-refractivity contribution in [2.24, 2.45) is 0 Å². The number of rotatable bonds is 5. The molecular weight excluding hydrogens is 504 g/mol. The Balaban J connectivity index is 1.41. The van der Waals surface area contributed by atoms with E-state index in [0.29, 0.717) is 22.8 Å². The maximum absolute atomic E-state index is 14.4. The van der Waals surface area contributed by atoms with Gasteiger partial charge in [0.05, 0.1) is 22.6 Å². The highest BCUT2D eigenvalue weighted by molar-refractivity contribution is 6.08. The van der Waals surface area contributed by atoms with Crippen molar-refractivity contribution < 1.29 is 13.9 Å². The van der Waals surface area contributed by atoms with Gasteiger partial charge in [-0.1, -0.05) is 60.7 Å². The van der Waals surface area contributed by atoms with Crippen LogP contribution in [0.2, 0.25) is 0 Å². The summed E-state index contributed by atoms with van der Waals surface area (Å²) in [6.45, 7) is 3.92. The van der Waals surface area contributed by atoms with Gasteiger partial charge in [0, 0.05) is 5.41 Å². The molecule has 0 unspecified atom stereocenters. The first-order valence-electron chi connectivity index (χ1n) is 12.9. The summed E-state index contributed by atoms with van der Waals surface area (Å²) in [7, 11) is 0. The van der Waals surface area contributed by atoms with Gasteiger partial charge in [-0.05, 0) is 89.5 Å². The highest BCUT2D eigenvalue weighted by Gasteiger charge is 2.27. The van der Waals surface area contributed by atoms with Gasteiger partial charge in [0.1, 0.15) is 11.5 Å². The molecule has 0 atom stereocenters. The number of benzene rings is 3. The number of nitrogens with zero attached hydrogens (tertiary/aromatic N) is 3. The Morgan fingerprint density at radius 1 is 0.700 bits per heavy atom. The minimum Gasteiger partial charge on any atom is -0.506 e. The molecule has 0 saturated heterocycles. The van der Waals surface area contributed by atoms with Crippen LogP contribution in [0.5, 0.6) is 0 Å². The van der Waals surface area contributed by atoms with Crippen molar-refractivity contribution in [1.29, 1.82) is 0 Å². The third kappa shape index (κ3) is 4.58.